The highest BCUT2D eigenvalue weighted by Crippen LogP contribution is 2.40. The summed E-state index contributed by atoms with van der Waals surface area (Å²) in [5.41, 5.74) is 3.59. The van der Waals surface area contributed by atoms with E-state index in [1.165, 1.54) is 0 Å². The SMILES string of the molecule is Cc1nn(-c2ccccn2)c2nc(C3CC3)cc(C(=O)Nc3ccc(N4CCN(C)CC4)nc3)c12. The molecule has 178 valence electrons. The van der Waals surface area contributed by atoms with Crippen molar-refractivity contribution in [3.05, 3.63) is 65.7 Å². The van der Waals surface area contributed by atoms with Gasteiger partial charge in [-0.2, -0.15) is 9.78 Å². The summed E-state index contributed by atoms with van der Waals surface area (Å²) in [4.78, 5) is 32.1. The molecule has 0 bridgehead atoms. The highest BCUT2D eigenvalue weighted by atomic mass is 16.1. The Hall–Kier alpha value is -3.85. The predicted molar refractivity (Wildman–Crippen MR) is 135 cm³/mol. The minimum absolute atomic E-state index is 0.183. The second-order valence-corrected chi connectivity index (χ2v) is 9.40. The number of anilines is 2. The van der Waals surface area contributed by atoms with Gasteiger partial charge >= 0.3 is 0 Å². The third kappa shape index (κ3) is 4.23. The summed E-state index contributed by atoms with van der Waals surface area (Å²) in [7, 11) is 2.13. The van der Waals surface area contributed by atoms with E-state index in [1.807, 2.05) is 43.3 Å². The van der Waals surface area contributed by atoms with Crippen molar-refractivity contribution in [3.8, 4) is 5.82 Å². The maximum Gasteiger partial charge on any atom is 0.256 e. The molecule has 0 radical (unpaired) electrons. The van der Waals surface area contributed by atoms with E-state index in [0.717, 1.165) is 61.6 Å². The number of piperazine rings is 1. The summed E-state index contributed by atoms with van der Waals surface area (Å²) >= 11 is 0. The number of nitrogens with one attached hydrogen (secondary N) is 1. The molecule has 0 aromatic carbocycles. The lowest BCUT2D eigenvalue weighted by Crippen LogP contribution is -2.44. The van der Waals surface area contributed by atoms with Crippen molar-refractivity contribution in [2.75, 3.05) is 43.4 Å². The van der Waals surface area contributed by atoms with Crippen LogP contribution in [0, 0.1) is 6.92 Å². The number of aromatic nitrogens is 5. The first-order valence-corrected chi connectivity index (χ1v) is 12.1. The molecule has 9 nitrogen and oxygen atoms in total. The van der Waals surface area contributed by atoms with Crippen LogP contribution >= 0.6 is 0 Å². The zero-order valence-corrected chi connectivity index (χ0v) is 20.0. The van der Waals surface area contributed by atoms with E-state index in [2.05, 4.69) is 32.1 Å². The highest BCUT2D eigenvalue weighted by molar-refractivity contribution is 6.12. The van der Waals surface area contributed by atoms with Crippen molar-refractivity contribution in [3.63, 3.8) is 0 Å². The van der Waals surface area contributed by atoms with Gasteiger partial charge in [-0.05, 0) is 57.1 Å². The van der Waals surface area contributed by atoms with Crippen LogP contribution in [-0.2, 0) is 0 Å². The largest absolute Gasteiger partial charge is 0.354 e. The number of carbonyl (C=O) groups excluding carboxylic acids is 1. The molecule has 1 amide bonds. The summed E-state index contributed by atoms with van der Waals surface area (Å²) < 4.78 is 1.74. The Balaban J connectivity index is 1.32. The van der Waals surface area contributed by atoms with E-state index in [1.54, 1.807) is 17.1 Å². The Kier molecular flexibility index (Phi) is 5.41. The van der Waals surface area contributed by atoms with Crippen LogP contribution in [0.15, 0.2) is 48.8 Å². The Bertz CT molecular complexity index is 1370. The molecule has 0 atom stereocenters. The lowest BCUT2D eigenvalue weighted by molar-refractivity contribution is 0.102. The quantitative estimate of drug-likeness (QED) is 0.480. The van der Waals surface area contributed by atoms with E-state index in [-0.39, 0.29) is 5.91 Å². The zero-order chi connectivity index (χ0) is 23.9. The minimum atomic E-state index is -0.183. The molecule has 2 aliphatic rings. The van der Waals surface area contributed by atoms with Crippen molar-refractivity contribution in [2.24, 2.45) is 0 Å². The number of hydrogen-bond acceptors (Lipinski definition) is 7. The van der Waals surface area contributed by atoms with E-state index in [9.17, 15) is 4.79 Å². The Morgan fingerprint density at radius 1 is 1.03 bits per heavy atom. The molecule has 6 rings (SSSR count). The monoisotopic (exact) mass is 468 g/mol. The average Bonchev–Trinajstić information content (AvgIpc) is 3.68. The van der Waals surface area contributed by atoms with Gasteiger partial charge in [-0.3, -0.25) is 4.79 Å². The predicted octanol–water partition coefficient (Wildman–Crippen LogP) is 3.40. The fourth-order valence-corrected chi connectivity index (χ4v) is 4.60. The van der Waals surface area contributed by atoms with Gasteiger partial charge in [0.1, 0.15) is 5.82 Å². The molecule has 1 saturated heterocycles. The molecule has 1 N–H and O–H groups in total. The zero-order valence-electron chi connectivity index (χ0n) is 20.0. The number of carbonyl (C=O) groups is 1. The average molecular weight is 469 g/mol. The van der Waals surface area contributed by atoms with Crippen LogP contribution in [-0.4, -0.2) is 68.8 Å². The second-order valence-electron chi connectivity index (χ2n) is 9.40. The molecule has 1 saturated carbocycles. The lowest BCUT2D eigenvalue weighted by Gasteiger charge is -2.33. The summed E-state index contributed by atoms with van der Waals surface area (Å²) in [6.07, 6.45) is 5.65. The van der Waals surface area contributed by atoms with Crippen LogP contribution in [0.4, 0.5) is 11.5 Å². The number of fused-ring (bicyclic) bond motifs is 1. The standard InChI is InChI=1S/C26H28N8O/c1-17-24-20(26(35)29-19-8-9-22(28-16-19)33-13-11-32(2)12-14-33)15-21(18-6-7-18)30-25(24)34(31-17)23-5-3-4-10-27-23/h3-5,8-10,15-16,18H,6-7,11-14H2,1-2H3,(H,29,35). The molecule has 0 spiro atoms. The summed E-state index contributed by atoms with van der Waals surface area (Å²) in [5.74, 6) is 1.83. The Morgan fingerprint density at radius 3 is 2.54 bits per heavy atom. The number of pyridine rings is 3. The Morgan fingerprint density at radius 2 is 1.86 bits per heavy atom. The van der Waals surface area contributed by atoms with Gasteiger partial charge in [-0.25, -0.2) is 15.0 Å². The number of hydrogen-bond donors (Lipinski definition) is 1. The maximum atomic E-state index is 13.5. The number of nitrogens with zero attached hydrogens (tertiary/aromatic N) is 7. The highest BCUT2D eigenvalue weighted by Gasteiger charge is 2.29. The molecule has 1 aliphatic heterocycles. The molecule has 4 aromatic heterocycles. The van der Waals surface area contributed by atoms with E-state index in [4.69, 9.17) is 10.1 Å². The van der Waals surface area contributed by atoms with Gasteiger partial charge in [0, 0.05) is 44.0 Å². The van der Waals surface area contributed by atoms with Crippen LogP contribution < -0.4 is 10.2 Å². The van der Waals surface area contributed by atoms with Crippen molar-refractivity contribution in [2.45, 2.75) is 25.7 Å². The molecule has 4 aromatic rings. The fraction of sp³-hybridized carbons (Fsp3) is 0.346. The van der Waals surface area contributed by atoms with Gasteiger partial charge in [-0.1, -0.05) is 6.07 Å². The number of likely N-dealkylation sites (N-methyl/N-ethyl adjacent to an activating group) is 1. The van der Waals surface area contributed by atoms with Crippen LogP contribution in [0.2, 0.25) is 0 Å². The van der Waals surface area contributed by atoms with Crippen molar-refractivity contribution in [1.82, 2.24) is 29.6 Å². The number of aryl methyl sites for hydroxylation is 1. The molecular formula is C26H28N8O. The van der Waals surface area contributed by atoms with Crippen LogP contribution in [0.5, 0.6) is 0 Å². The maximum absolute atomic E-state index is 13.5. The fourth-order valence-electron chi connectivity index (χ4n) is 4.60. The van der Waals surface area contributed by atoms with E-state index in [0.29, 0.717) is 28.6 Å². The smallest absolute Gasteiger partial charge is 0.256 e. The van der Waals surface area contributed by atoms with E-state index < -0.39 is 0 Å². The number of rotatable bonds is 5. The molecule has 0 unspecified atom stereocenters. The topological polar surface area (TPSA) is 92.1 Å². The van der Waals surface area contributed by atoms with Gasteiger partial charge in [0.25, 0.3) is 5.91 Å². The minimum Gasteiger partial charge on any atom is -0.354 e. The van der Waals surface area contributed by atoms with Crippen molar-refractivity contribution >= 4 is 28.4 Å². The van der Waals surface area contributed by atoms with Crippen LogP contribution in [0.25, 0.3) is 16.9 Å². The van der Waals surface area contributed by atoms with Crippen LogP contribution in [0.1, 0.15) is 40.5 Å². The molecule has 35 heavy (non-hydrogen) atoms. The first-order chi connectivity index (χ1) is 17.1. The van der Waals surface area contributed by atoms with Gasteiger partial charge in [0.15, 0.2) is 11.5 Å². The summed E-state index contributed by atoms with van der Waals surface area (Å²) in [5, 5.41) is 8.48. The van der Waals surface area contributed by atoms with E-state index >= 15 is 0 Å². The van der Waals surface area contributed by atoms with Crippen molar-refractivity contribution in [1.29, 1.82) is 0 Å². The van der Waals surface area contributed by atoms with Crippen molar-refractivity contribution < 1.29 is 4.79 Å². The number of amides is 1. The third-order valence-electron chi connectivity index (χ3n) is 6.77. The van der Waals surface area contributed by atoms with Gasteiger partial charge in [0.05, 0.1) is 28.5 Å². The lowest BCUT2D eigenvalue weighted by atomic mass is 10.1. The molecule has 1 aliphatic carbocycles. The third-order valence-corrected chi connectivity index (χ3v) is 6.77. The van der Waals surface area contributed by atoms with Gasteiger partial charge in [0.2, 0.25) is 0 Å². The van der Waals surface area contributed by atoms with Gasteiger partial charge in [-0.15, -0.1) is 0 Å². The molecule has 2 fully saturated rings. The summed E-state index contributed by atoms with van der Waals surface area (Å²) in [6.45, 7) is 5.85. The van der Waals surface area contributed by atoms with Crippen LogP contribution in [0.3, 0.4) is 0 Å². The normalized spacial score (nSPS) is 16.6. The second kappa shape index (κ2) is 8.74. The molecule has 9 heteroatoms. The molecular weight excluding hydrogens is 440 g/mol. The molecule has 5 heterocycles. The van der Waals surface area contributed by atoms with Gasteiger partial charge < -0.3 is 15.1 Å². The summed E-state index contributed by atoms with van der Waals surface area (Å²) in [6, 6.07) is 11.5. The first-order valence-electron chi connectivity index (χ1n) is 12.1. The first kappa shape index (κ1) is 21.7. The Labute approximate surface area is 203 Å².